The van der Waals surface area contributed by atoms with Crippen LogP contribution in [-0.4, -0.2) is 4.98 Å². The lowest BCUT2D eigenvalue weighted by atomic mass is 10.1. The van der Waals surface area contributed by atoms with Crippen molar-refractivity contribution in [1.29, 1.82) is 0 Å². The molecule has 0 saturated carbocycles. The Kier molecular flexibility index (Phi) is 3.70. The van der Waals surface area contributed by atoms with Crippen molar-refractivity contribution >= 4 is 22.9 Å². The van der Waals surface area contributed by atoms with Crippen LogP contribution in [0.5, 0.6) is 0 Å². The van der Waals surface area contributed by atoms with E-state index in [-0.39, 0.29) is 0 Å². The zero-order valence-electron chi connectivity index (χ0n) is 11.1. The number of pyridine rings is 1. The van der Waals surface area contributed by atoms with Crippen molar-refractivity contribution in [2.45, 2.75) is 0 Å². The van der Waals surface area contributed by atoms with Crippen LogP contribution in [0.25, 0.3) is 22.9 Å². The number of nitrogens with zero attached hydrogens (tertiary/aromatic N) is 1. The summed E-state index contributed by atoms with van der Waals surface area (Å²) in [6, 6.07) is 20.8. The van der Waals surface area contributed by atoms with Gasteiger partial charge in [0.05, 0.1) is 5.69 Å². The minimum atomic E-state index is 0.968. The third-order valence-electron chi connectivity index (χ3n) is 3.13. The predicted octanol–water partition coefficient (Wildman–Crippen LogP) is 4.96. The molecule has 0 aliphatic carbocycles. The van der Waals surface area contributed by atoms with E-state index in [1.54, 1.807) is 6.20 Å². The summed E-state index contributed by atoms with van der Waals surface area (Å²) in [5.41, 5.74) is 2.17. The van der Waals surface area contributed by atoms with Crippen LogP contribution in [0.15, 0.2) is 79.0 Å². The Balaban J connectivity index is 1.76. The molecule has 20 heavy (non-hydrogen) atoms. The van der Waals surface area contributed by atoms with Crippen molar-refractivity contribution in [1.82, 2.24) is 4.98 Å². The van der Waals surface area contributed by atoms with Gasteiger partial charge in [0.25, 0.3) is 0 Å². The molecule has 3 aromatic rings. The van der Waals surface area contributed by atoms with Crippen LogP contribution in [0.2, 0.25) is 0 Å². The van der Waals surface area contributed by atoms with Crippen molar-refractivity contribution in [2.24, 2.45) is 0 Å². The lowest BCUT2D eigenvalue weighted by molar-refractivity contribution is 1.30. The predicted molar refractivity (Wildman–Crippen MR) is 86.3 cm³/mol. The smallest absolute Gasteiger partial charge is 0.0629 e. The molecule has 1 aromatic heterocycles. The van der Waals surface area contributed by atoms with Gasteiger partial charge in [0, 0.05) is 6.20 Å². The first-order valence-electron chi connectivity index (χ1n) is 6.66. The number of hydrogen-bond acceptors (Lipinski definition) is 1. The zero-order chi connectivity index (χ0) is 13.6. The van der Waals surface area contributed by atoms with Crippen LogP contribution in [0.4, 0.5) is 0 Å². The largest absolute Gasteiger partial charge is 0.257 e. The Morgan fingerprint density at radius 2 is 1.50 bits per heavy atom. The number of rotatable bonds is 3. The molecule has 1 heteroatoms. The summed E-state index contributed by atoms with van der Waals surface area (Å²) in [5.74, 6) is 0. The van der Waals surface area contributed by atoms with Gasteiger partial charge in [-0.3, -0.25) is 4.98 Å². The van der Waals surface area contributed by atoms with Gasteiger partial charge in [0.2, 0.25) is 0 Å². The second-order valence-corrected chi connectivity index (χ2v) is 4.58. The number of hydrogen-bond donors (Lipinski definition) is 0. The Morgan fingerprint density at radius 3 is 2.35 bits per heavy atom. The Bertz CT molecular complexity index is 755. The Morgan fingerprint density at radius 1 is 0.700 bits per heavy atom. The first kappa shape index (κ1) is 12.4. The van der Waals surface area contributed by atoms with Crippen molar-refractivity contribution < 1.29 is 0 Å². The van der Waals surface area contributed by atoms with E-state index in [1.165, 1.54) is 16.3 Å². The van der Waals surface area contributed by atoms with Gasteiger partial charge >= 0.3 is 0 Å². The van der Waals surface area contributed by atoms with Gasteiger partial charge in [-0.1, -0.05) is 60.7 Å². The maximum atomic E-state index is 4.24. The van der Waals surface area contributed by atoms with Crippen LogP contribution in [0.3, 0.4) is 0 Å². The highest BCUT2D eigenvalue weighted by molar-refractivity contribution is 5.84. The number of allylic oxidation sites excluding steroid dienone is 2. The Labute approximate surface area is 118 Å². The maximum absolute atomic E-state index is 4.24. The molecule has 0 unspecified atom stereocenters. The van der Waals surface area contributed by atoms with E-state index in [0.717, 1.165) is 5.69 Å². The van der Waals surface area contributed by atoms with Gasteiger partial charge in [-0.25, -0.2) is 0 Å². The summed E-state index contributed by atoms with van der Waals surface area (Å²) in [6.07, 6.45) is 9.95. The molecule has 0 bridgehead atoms. The fourth-order valence-electron chi connectivity index (χ4n) is 2.11. The summed E-state index contributed by atoms with van der Waals surface area (Å²) >= 11 is 0. The van der Waals surface area contributed by atoms with Crippen LogP contribution >= 0.6 is 0 Å². The maximum Gasteiger partial charge on any atom is 0.0629 e. The minimum Gasteiger partial charge on any atom is -0.257 e. The molecule has 0 radical (unpaired) electrons. The molecule has 0 aliphatic heterocycles. The molecule has 0 N–H and O–H groups in total. The zero-order valence-corrected chi connectivity index (χ0v) is 11.1. The van der Waals surface area contributed by atoms with E-state index >= 15 is 0 Å². The molecule has 0 spiro atoms. The summed E-state index contributed by atoms with van der Waals surface area (Å²) in [6.45, 7) is 0. The highest BCUT2D eigenvalue weighted by atomic mass is 14.6. The van der Waals surface area contributed by atoms with Crippen LogP contribution in [-0.2, 0) is 0 Å². The summed E-state index contributed by atoms with van der Waals surface area (Å²) in [7, 11) is 0. The van der Waals surface area contributed by atoms with Gasteiger partial charge in [-0.2, -0.15) is 0 Å². The number of aromatic nitrogens is 1. The monoisotopic (exact) mass is 257 g/mol. The summed E-state index contributed by atoms with van der Waals surface area (Å²) in [5, 5.41) is 2.54. The second-order valence-electron chi connectivity index (χ2n) is 4.58. The van der Waals surface area contributed by atoms with Gasteiger partial charge in [-0.05, 0) is 40.6 Å². The highest BCUT2D eigenvalue weighted by Gasteiger charge is 1.92. The van der Waals surface area contributed by atoms with Gasteiger partial charge in [0.15, 0.2) is 0 Å². The topological polar surface area (TPSA) is 12.9 Å². The molecule has 96 valence electrons. The first-order valence-corrected chi connectivity index (χ1v) is 6.66. The first-order chi connectivity index (χ1) is 9.92. The molecule has 0 aliphatic rings. The van der Waals surface area contributed by atoms with E-state index < -0.39 is 0 Å². The third-order valence-corrected chi connectivity index (χ3v) is 3.13. The lowest BCUT2D eigenvalue weighted by Gasteiger charge is -1.98. The molecule has 1 heterocycles. The van der Waals surface area contributed by atoms with Gasteiger partial charge in [-0.15, -0.1) is 0 Å². The van der Waals surface area contributed by atoms with Crippen molar-refractivity contribution in [3.05, 3.63) is 90.3 Å². The molecule has 1 nitrogen and oxygen atoms in total. The van der Waals surface area contributed by atoms with E-state index in [1.807, 2.05) is 36.4 Å². The van der Waals surface area contributed by atoms with E-state index in [0.29, 0.717) is 0 Å². The van der Waals surface area contributed by atoms with Crippen LogP contribution < -0.4 is 0 Å². The fraction of sp³-hybridized carbons (Fsp3) is 0. The highest BCUT2D eigenvalue weighted by Crippen LogP contribution is 2.16. The average Bonchev–Trinajstić information content (AvgIpc) is 2.52. The fourth-order valence-corrected chi connectivity index (χ4v) is 2.11. The SMILES string of the molecule is C(C=Cc1ccccn1)=Cc1ccc2ccccc2c1. The summed E-state index contributed by atoms with van der Waals surface area (Å²) in [4.78, 5) is 4.24. The average molecular weight is 257 g/mol. The number of benzene rings is 2. The normalized spacial score (nSPS) is 11.6. The quantitative estimate of drug-likeness (QED) is 0.604. The molecule has 0 atom stereocenters. The molecular weight excluding hydrogens is 242 g/mol. The van der Waals surface area contributed by atoms with Crippen molar-refractivity contribution in [2.75, 3.05) is 0 Å². The molecule has 2 aromatic carbocycles. The van der Waals surface area contributed by atoms with E-state index in [2.05, 4.69) is 53.5 Å². The standard InChI is InChI=1S/C19H15N/c1(4-10-19-11-5-6-14-20-19)7-16-12-13-17-8-2-3-9-18(17)15-16/h1-15H. The van der Waals surface area contributed by atoms with Crippen LogP contribution in [0, 0.1) is 0 Å². The van der Waals surface area contributed by atoms with Crippen molar-refractivity contribution in [3.8, 4) is 0 Å². The van der Waals surface area contributed by atoms with E-state index in [4.69, 9.17) is 0 Å². The molecule has 0 amide bonds. The van der Waals surface area contributed by atoms with Gasteiger partial charge in [0.1, 0.15) is 0 Å². The van der Waals surface area contributed by atoms with E-state index in [9.17, 15) is 0 Å². The molecule has 0 fully saturated rings. The van der Waals surface area contributed by atoms with Gasteiger partial charge < -0.3 is 0 Å². The third kappa shape index (κ3) is 3.01. The molecular formula is C19H15N. The second kappa shape index (κ2) is 5.98. The lowest BCUT2D eigenvalue weighted by Crippen LogP contribution is -1.76. The van der Waals surface area contributed by atoms with Crippen LogP contribution in [0.1, 0.15) is 11.3 Å². The number of fused-ring (bicyclic) bond motifs is 1. The summed E-state index contributed by atoms with van der Waals surface area (Å²) < 4.78 is 0. The molecule has 3 rings (SSSR count). The Hall–Kier alpha value is -2.67. The minimum absolute atomic E-state index is 0.968. The van der Waals surface area contributed by atoms with Crippen molar-refractivity contribution in [3.63, 3.8) is 0 Å². The molecule has 0 saturated heterocycles.